The fraction of sp³-hybridized carbons (Fsp3) is 0.130. The van der Waals surface area contributed by atoms with Crippen LogP contribution in [-0.2, 0) is 5.41 Å². The smallest absolute Gasteiger partial charge is 0.160 e. The van der Waals surface area contributed by atoms with Crippen molar-refractivity contribution < 1.29 is 0 Å². The molecular weight excluding hydrogens is 613 g/mol. The molecule has 49 heavy (non-hydrogen) atoms. The fourth-order valence-corrected chi connectivity index (χ4v) is 9.83. The molecule has 1 fully saturated rings. The van der Waals surface area contributed by atoms with Crippen LogP contribution in [0.5, 0.6) is 0 Å². The maximum absolute atomic E-state index is 5.10. The van der Waals surface area contributed by atoms with Crippen LogP contribution >= 0.6 is 11.3 Å². The second-order valence-corrected chi connectivity index (χ2v) is 14.7. The van der Waals surface area contributed by atoms with E-state index < -0.39 is 0 Å². The van der Waals surface area contributed by atoms with Gasteiger partial charge in [0.1, 0.15) is 0 Å². The quantitative estimate of drug-likeness (QED) is 0.190. The van der Waals surface area contributed by atoms with Crippen molar-refractivity contribution in [3.8, 4) is 56.2 Å². The van der Waals surface area contributed by atoms with Crippen LogP contribution in [0, 0.1) is 0 Å². The first kappa shape index (κ1) is 28.6. The highest BCUT2D eigenvalue weighted by atomic mass is 32.1. The predicted molar refractivity (Wildman–Crippen MR) is 206 cm³/mol. The number of fused-ring (bicyclic) bond motifs is 8. The van der Waals surface area contributed by atoms with Crippen molar-refractivity contribution in [2.24, 2.45) is 0 Å². The number of benzene rings is 6. The lowest BCUT2D eigenvalue weighted by molar-refractivity contribution is 0.353. The van der Waals surface area contributed by atoms with Gasteiger partial charge in [0, 0.05) is 42.3 Å². The topological polar surface area (TPSA) is 25.8 Å². The SMILES string of the molecule is c1ccc(-c2cc(-c3ccc4c(c3)sc3cc(-c5cccc6c5C5(CCCCC5)c5ccccc5-6)ccc34)nc(-c3ccccc3)n2)cc1. The van der Waals surface area contributed by atoms with Gasteiger partial charge in [-0.05, 0) is 64.4 Å². The lowest BCUT2D eigenvalue weighted by Gasteiger charge is -2.37. The van der Waals surface area contributed by atoms with Crippen LogP contribution in [0.2, 0.25) is 0 Å². The summed E-state index contributed by atoms with van der Waals surface area (Å²) in [6.07, 6.45) is 6.41. The van der Waals surface area contributed by atoms with Gasteiger partial charge in [-0.3, -0.25) is 0 Å². The number of thiophene rings is 1. The molecule has 2 nitrogen and oxygen atoms in total. The minimum Gasteiger partial charge on any atom is -0.228 e. The summed E-state index contributed by atoms with van der Waals surface area (Å²) < 4.78 is 2.60. The summed E-state index contributed by atoms with van der Waals surface area (Å²) in [6, 6.07) is 53.0. The van der Waals surface area contributed by atoms with Crippen LogP contribution in [0.1, 0.15) is 43.2 Å². The standard InChI is InChI=1S/C46H34N2S/c1-4-13-30(14-5-1)40-29-41(48-45(47-40)31-15-6-2-7-16-31)33-22-24-37-36-23-21-32(27-42(36)49-43(37)28-33)34-18-12-19-38-35-17-8-9-20-39(35)46(44(34)38)25-10-3-11-26-46/h1-2,4-9,12-24,27-29H,3,10-11,25-26H2. The van der Waals surface area contributed by atoms with Gasteiger partial charge in [-0.15, -0.1) is 11.3 Å². The van der Waals surface area contributed by atoms with Crippen LogP contribution in [-0.4, -0.2) is 9.97 Å². The average Bonchev–Trinajstić information content (AvgIpc) is 3.68. The third-order valence-corrected chi connectivity index (χ3v) is 12.0. The van der Waals surface area contributed by atoms with Gasteiger partial charge in [0.25, 0.3) is 0 Å². The molecule has 1 spiro atoms. The van der Waals surface area contributed by atoms with E-state index in [0.29, 0.717) is 0 Å². The lowest BCUT2D eigenvalue weighted by atomic mass is 9.66. The molecule has 3 heteroatoms. The Morgan fingerprint density at radius 2 is 1.04 bits per heavy atom. The zero-order chi connectivity index (χ0) is 32.4. The Hall–Kier alpha value is -5.38. The molecule has 0 aliphatic heterocycles. The van der Waals surface area contributed by atoms with Gasteiger partial charge < -0.3 is 0 Å². The number of hydrogen-bond acceptors (Lipinski definition) is 3. The predicted octanol–water partition coefficient (Wildman–Crippen LogP) is 12.7. The minimum absolute atomic E-state index is 0.125. The van der Waals surface area contributed by atoms with Crippen molar-refractivity contribution in [3.05, 3.63) is 157 Å². The molecule has 0 bridgehead atoms. The Morgan fingerprint density at radius 1 is 0.449 bits per heavy atom. The molecule has 8 aromatic rings. The van der Waals surface area contributed by atoms with Gasteiger partial charge in [-0.2, -0.15) is 0 Å². The van der Waals surface area contributed by atoms with Crippen LogP contribution in [0.25, 0.3) is 76.3 Å². The van der Waals surface area contributed by atoms with E-state index in [1.165, 1.54) is 74.5 Å². The van der Waals surface area contributed by atoms with E-state index in [-0.39, 0.29) is 5.41 Å². The molecule has 6 aromatic carbocycles. The van der Waals surface area contributed by atoms with Crippen LogP contribution < -0.4 is 0 Å². The van der Waals surface area contributed by atoms with Gasteiger partial charge >= 0.3 is 0 Å². The van der Waals surface area contributed by atoms with Crippen molar-refractivity contribution in [2.75, 3.05) is 0 Å². The summed E-state index contributed by atoms with van der Waals surface area (Å²) >= 11 is 1.88. The second-order valence-electron chi connectivity index (χ2n) is 13.6. The highest BCUT2D eigenvalue weighted by Crippen LogP contribution is 2.58. The summed E-state index contributed by atoms with van der Waals surface area (Å²) in [4.78, 5) is 10.1. The number of rotatable bonds is 4. The van der Waals surface area contributed by atoms with Crippen molar-refractivity contribution in [1.29, 1.82) is 0 Å². The highest BCUT2D eigenvalue weighted by Gasteiger charge is 2.45. The van der Waals surface area contributed by atoms with E-state index in [4.69, 9.17) is 9.97 Å². The minimum atomic E-state index is 0.125. The van der Waals surface area contributed by atoms with E-state index in [1.54, 1.807) is 11.1 Å². The third-order valence-electron chi connectivity index (χ3n) is 10.9. The molecule has 0 unspecified atom stereocenters. The highest BCUT2D eigenvalue weighted by molar-refractivity contribution is 7.25. The summed E-state index contributed by atoms with van der Waals surface area (Å²) in [6.45, 7) is 0. The van der Waals surface area contributed by atoms with Gasteiger partial charge in [-0.1, -0.05) is 147 Å². The molecule has 1 saturated carbocycles. The lowest BCUT2D eigenvalue weighted by Crippen LogP contribution is -2.28. The molecule has 0 radical (unpaired) electrons. The molecule has 0 N–H and O–H groups in total. The largest absolute Gasteiger partial charge is 0.228 e. The van der Waals surface area contributed by atoms with Gasteiger partial charge in [-0.25, -0.2) is 9.97 Å². The summed E-state index contributed by atoms with van der Waals surface area (Å²) in [5, 5.41) is 2.61. The molecule has 0 saturated heterocycles. The Bertz CT molecular complexity index is 2470. The van der Waals surface area contributed by atoms with E-state index in [9.17, 15) is 0 Å². The monoisotopic (exact) mass is 646 g/mol. The molecule has 2 heterocycles. The molecule has 2 aliphatic rings. The summed E-state index contributed by atoms with van der Waals surface area (Å²) in [5.74, 6) is 0.742. The average molecular weight is 647 g/mol. The first-order chi connectivity index (χ1) is 24.2. The molecule has 10 rings (SSSR count). The molecule has 2 aromatic heterocycles. The Balaban J connectivity index is 1.09. The fourth-order valence-electron chi connectivity index (χ4n) is 8.65. The molecule has 234 valence electrons. The number of hydrogen-bond donors (Lipinski definition) is 0. The number of aromatic nitrogens is 2. The first-order valence-electron chi connectivity index (χ1n) is 17.5. The molecule has 0 amide bonds. The first-order valence-corrected chi connectivity index (χ1v) is 18.3. The zero-order valence-electron chi connectivity index (χ0n) is 27.2. The van der Waals surface area contributed by atoms with E-state index in [0.717, 1.165) is 33.9 Å². The summed E-state index contributed by atoms with van der Waals surface area (Å²) in [7, 11) is 0. The van der Waals surface area contributed by atoms with E-state index in [2.05, 4.69) is 121 Å². The maximum Gasteiger partial charge on any atom is 0.160 e. The zero-order valence-corrected chi connectivity index (χ0v) is 28.0. The Labute approximate surface area is 290 Å². The van der Waals surface area contributed by atoms with Crippen molar-refractivity contribution in [3.63, 3.8) is 0 Å². The van der Waals surface area contributed by atoms with Gasteiger partial charge in [0.15, 0.2) is 5.82 Å². The molecular formula is C46H34N2S. The van der Waals surface area contributed by atoms with Crippen molar-refractivity contribution in [1.82, 2.24) is 9.97 Å². The van der Waals surface area contributed by atoms with Crippen LogP contribution in [0.3, 0.4) is 0 Å². The maximum atomic E-state index is 5.10. The Morgan fingerprint density at radius 3 is 1.80 bits per heavy atom. The van der Waals surface area contributed by atoms with Gasteiger partial charge in [0.2, 0.25) is 0 Å². The molecule has 0 atom stereocenters. The van der Waals surface area contributed by atoms with Crippen molar-refractivity contribution >= 4 is 31.5 Å². The van der Waals surface area contributed by atoms with Gasteiger partial charge in [0.05, 0.1) is 11.4 Å². The number of nitrogens with zero attached hydrogens (tertiary/aromatic N) is 2. The third kappa shape index (κ3) is 4.60. The Kier molecular flexibility index (Phi) is 6.63. The van der Waals surface area contributed by atoms with E-state index in [1.807, 2.05) is 35.6 Å². The normalized spacial score (nSPS) is 14.7. The molecule has 2 aliphatic carbocycles. The van der Waals surface area contributed by atoms with Crippen molar-refractivity contribution in [2.45, 2.75) is 37.5 Å². The van der Waals surface area contributed by atoms with Crippen LogP contribution in [0.4, 0.5) is 0 Å². The van der Waals surface area contributed by atoms with Crippen LogP contribution in [0.15, 0.2) is 146 Å². The van der Waals surface area contributed by atoms with E-state index >= 15 is 0 Å². The summed E-state index contributed by atoms with van der Waals surface area (Å²) in [5.41, 5.74) is 13.9. The second kappa shape index (κ2) is 11.4.